The van der Waals surface area contributed by atoms with Gasteiger partial charge in [0.2, 0.25) is 0 Å². The van der Waals surface area contributed by atoms with E-state index in [1.807, 2.05) is 30.3 Å². The zero-order chi connectivity index (χ0) is 17.5. The molecule has 132 valence electrons. The third-order valence-electron chi connectivity index (χ3n) is 5.55. The number of carbonyl (C=O) groups excluding carboxylic acids is 1. The molecule has 3 rings (SSSR count). The van der Waals surface area contributed by atoms with Gasteiger partial charge in [-0.2, -0.15) is 0 Å². The van der Waals surface area contributed by atoms with Gasteiger partial charge in [-0.3, -0.25) is 4.79 Å². The van der Waals surface area contributed by atoms with Crippen LogP contribution in [-0.4, -0.2) is 38.5 Å². The summed E-state index contributed by atoms with van der Waals surface area (Å²) >= 11 is 0. The average Bonchev–Trinajstić information content (AvgIpc) is 3.02. The van der Waals surface area contributed by atoms with Gasteiger partial charge in [-0.25, -0.2) is 0 Å². The maximum atomic E-state index is 12.1. The molecule has 2 bridgehead atoms. The highest BCUT2D eigenvalue weighted by Crippen LogP contribution is 2.43. The van der Waals surface area contributed by atoms with Gasteiger partial charge in [-0.15, -0.1) is 0 Å². The summed E-state index contributed by atoms with van der Waals surface area (Å²) in [4.78, 5) is 12.1. The molecule has 2 heterocycles. The molecule has 5 heteroatoms. The van der Waals surface area contributed by atoms with E-state index in [9.17, 15) is 4.79 Å². The van der Waals surface area contributed by atoms with Crippen molar-refractivity contribution in [2.75, 3.05) is 0 Å². The molecular weight excluding hydrogens is 320 g/mol. The molecule has 2 aliphatic rings. The first-order valence-electron chi connectivity index (χ1n) is 8.70. The van der Waals surface area contributed by atoms with Gasteiger partial charge in [0.1, 0.15) is 18.3 Å². The van der Waals surface area contributed by atoms with Crippen molar-refractivity contribution in [1.29, 1.82) is 0 Å². The van der Waals surface area contributed by atoms with Gasteiger partial charge < -0.3 is 13.9 Å². The number of carbonyl (C=O) groups is 1. The Morgan fingerprint density at radius 1 is 1.17 bits per heavy atom. The van der Waals surface area contributed by atoms with Crippen molar-refractivity contribution in [3.05, 3.63) is 35.9 Å². The number of Topliss-reactive ketones (excluding diaryl/α,β-unsaturated/α-hetero) is 1. The van der Waals surface area contributed by atoms with Gasteiger partial charge >= 0.3 is 0 Å². The SMILES string of the molecule is CC(C)(C)[Si](C)(C)O[C@@H]1[C@@H](OCc2ccccc2)[C@@H]2O[C@H]1CC2=O. The van der Waals surface area contributed by atoms with Crippen molar-refractivity contribution in [2.45, 2.75) is 76.3 Å². The third-order valence-corrected chi connectivity index (χ3v) is 10.0. The van der Waals surface area contributed by atoms with E-state index in [1.165, 1.54) is 0 Å². The van der Waals surface area contributed by atoms with E-state index in [-0.39, 0.29) is 29.1 Å². The minimum atomic E-state index is -1.95. The van der Waals surface area contributed by atoms with Crippen molar-refractivity contribution in [1.82, 2.24) is 0 Å². The molecule has 0 N–H and O–H groups in total. The zero-order valence-corrected chi connectivity index (χ0v) is 16.2. The molecule has 24 heavy (non-hydrogen) atoms. The third kappa shape index (κ3) is 3.36. The highest BCUT2D eigenvalue weighted by Gasteiger charge is 2.57. The van der Waals surface area contributed by atoms with Crippen LogP contribution in [0.5, 0.6) is 0 Å². The van der Waals surface area contributed by atoms with E-state index >= 15 is 0 Å². The summed E-state index contributed by atoms with van der Waals surface area (Å²) < 4.78 is 18.6. The van der Waals surface area contributed by atoms with Crippen LogP contribution in [0.25, 0.3) is 0 Å². The summed E-state index contributed by atoms with van der Waals surface area (Å²) in [5, 5.41) is 0.114. The number of ketones is 1. The van der Waals surface area contributed by atoms with Crippen LogP contribution in [0, 0.1) is 0 Å². The second-order valence-corrected chi connectivity index (χ2v) is 13.1. The molecule has 2 fully saturated rings. The van der Waals surface area contributed by atoms with Crippen molar-refractivity contribution < 1.29 is 18.7 Å². The molecule has 0 spiro atoms. The van der Waals surface area contributed by atoms with Gasteiger partial charge in [0.25, 0.3) is 0 Å². The molecule has 0 saturated carbocycles. The quantitative estimate of drug-likeness (QED) is 0.761. The Labute approximate surface area is 145 Å². The van der Waals surface area contributed by atoms with Gasteiger partial charge in [0.15, 0.2) is 14.1 Å². The summed E-state index contributed by atoms with van der Waals surface area (Å²) in [6, 6.07) is 10.0. The first kappa shape index (κ1) is 17.8. The van der Waals surface area contributed by atoms with Crippen LogP contribution in [0.15, 0.2) is 30.3 Å². The normalized spacial score (nSPS) is 30.1. The smallest absolute Gasteiger partial charge is 0.192 e. The predicted octanol–water partition coefficient (Wildman–Crippen LogP) is 3.70. The fourth-order valence-corrected chi connectivity index (χ4v) is 4.39. The summed E-state index contributed by atoms with van der Waals surface area (Å²) in [6.07, 6.45) is -0.608. The van der Waals surface area contributed by atoms with Gasteiger partial charge in [0.05, 0.1) is 12.7 Å². The minimum Gasteiger partial charge on any atom is -0.408 e. The second-order valence-electron chi connectivity index (χ2n) is 8.37. The van der Waals surface area contributed by atoms with Crippen LogP contribution in [0.3, 0.4) is 0 Å². The Bertz CT molecular complexity index is 593. The van der Waals surface area contributed by atoms with Crippen molar-refractivity contribution in [2.24, 2.45) is 0 Å². The highest BCUT2D eigenvalue weighted by atomic mass is 28.4. The molecule has 0 amide bonds. The molecular formula is C19H28O4Si. The number of hydrogen-bond donors (Lipinski definition) is 0. The van der Waals surface area contributed by atoms with E-state index in [0.29, 0.717) is 13.0 Å². The van der Waals surface area contributed by atoms with Crippen LogP contribution in [0.4, 0.5) is 0 Å². The Balaban J connectivity index is 1.73. The Kier molecular flexibility index (Phi) is 4.72. The van der Waals surface area contributed by atoms with Gasteiger partial charge in [-0.1, -0.05) is 51.1 Å². The first-order valence-corrected chi connectivity index (χ1v) is 11.6. The lowest BCUT2D eigenvalue weighted by Gasteiger charge is -2.41. The maximum Gasteiger partial charge on any atom is 0.192 e. The largest absolute Gasteiger partial charge is 0.408 e. The first-order chi connectivity index (χ1) is 11.2. The summed E-state index contributed by atoms with van der Waals surface area (Å²) in [5.41, 5.74) is 1.10. The molecule has 0 radical (unpaired) electrons. The molecule has 2 aliphatic heterocycles. The standard InChI is InChI=1S/C19H28O4Si/c1-19(2,3)24(4,5)23-17-15-11-14(20)16(22-15)18(17)21-12-13-9-7-6-8-10-13/h6-10,15-18H,11-12H2,1-5H3/t15-,16+,17-,18-/m0/s1. The van der Waals surface area contributed by atoms with Crippen LogP contribution in [-0.2, 0) is 25.3 Å². The van der Waals surface area contributed by atoms with Gasteiger partial charge in [0, 0.05) is 6.42 Å². The lowest BCUT2D eigenvalue weighted by atomic mass is 9.93. The fourth-order valence-electron chi connectivity index (χ4n) is 3.07. The van der Waals surface area contributed by atoms with E-state index in [4.69, 9.17) is 13.9 Å². The van der Waals surface area contributed by atoms with Crippen LogP contribution >= 0.6 is 0 Å². The Hall–Kier alpha value is -1.01. The van der Waals surface area contributed by atoms with Crippen molar-refractivity contribution in [3.63, 3.8) is 0 Å². The second kappa shape index (κ2) is 6.37. The fraction of sp³-hybridized carbons (Fsp3) is 0.632. The summed E-state index contributed by atoms with van der Waals surface area (Å²) in [7, 11) is -1.95. The lowest BCUT2D eigenvalue weighted by Crippen LogP contribution is -2.52. The average molecular weight is 349 g/mol. The number of rotatable bonds is 5. The molecule has 1 aromatic rings. The monoisotopic (exact) mass is 348 g/mol. The van der Waals surface area contributed by atoms with Crippen LogP contribution < -0.4 is 0 Å². The Morgan fingerprint density at radius 2 is 1.83 bits per heavy atom. The topological polar surface area (TPSA) is 44.8 Å². The summed E-state index contributed by atoms with van der Waals surface area (Å²) in [6.45, 7) is 11.6. The van der Waals surface area contributed by atoms with Crippen LogP contribution in [0.2, 0.25) is 18.1 Å². The van der Waals surface area contributed by atoms with E-state index < -0.39 is 14.4 Å². The molecule has 4 nitrogen and oxygen atoms in total. The van der Waals surface area contributed by atoms with Crippen LogP contribution in [0.1, 0.15) is 32.8 Å². The lowest BCUT2D eigenvalue weighted by molar-refractivity contribution is -0.130. The van der Waals surface area contributed by atoms with E-state index in [0.717, 1.165) is 5.56 Å². The molecule has 0 unspecified atom stereocenters. The van der Waals surface area contributed by atoms with Crippen molar-refractivity contribution >= 4 is 14.1 Å². The van der Waals surface area contributed by atoms with Crippen molar-refractivity contribution in [3.8, 4) is 0 Å². The summed E-state index contributed by atoms with van der Waals surface area (Å²) in [5.74, 6) is 0.146. The maximum absolute atomic E-state index is 12.1. The van der Waals surface area contributed by atoms with E-state index in [2.05, 4.69) is 33.9 Å². The van der Waals surface area contributed by atoms with Gasteiger partial charge in [-0.05, 0) is 23.7 Å². The Morgan fingerprint density at radius 3 is 2.46 bits per heavy atom. The number of hydrogen-bond acceptors (Lipinski definition) is 4. The molecule has 0 aliphatic carbocycles. The zero-order valence-electron chi connectivity index (χ0n) is 15.2. The minimum absolute atomic E-state index is 0.114. The predicted molar refractivity (Wildman–Crippen MR) is 95.4 cm³/mol. The number of benzene rings is 1. The molecule has 4 atom stereocenters. The molecule has 1 aromatic carbocycles. The number of fused-ring (bicyclic) bond motifs is 2. The highest BCUT2D eigenvalue weighted by molar-refractivity contribution is 6.74. The number of ether oxygens (including phenoxy) is 2. The molecule has 2 saturated heterocycles. The molecule has 0 aromatic heterocycles. The van der Waals surface area contributed by atoms with E-state index in [1.54, 1.807) is 0 Å².